The minimum atomic E-state index is -4.03. The predicted molar refractivity (Wildman–Crippen MR) is 117 cm³/mol. The average Bonchev–Trinajstić information content (AvgIpc) is 3.62. The van der Waals surface area contributed by atoms with Crippen LogP contribution in [0.25, 0.3) is 0 Å². The van der Waals surface area contributed by atoms with Crippen molar-refractivity contribution in [2.24, 2.45) is 0 Å². The van der Waals surface area contributed by atoms with Crippen LogP contribution in [-0.4, -0.2) is 32.4 Å². The number of benzene rings is 3. The maximum absolute atomic E-state index is 13.6. The van der Waals surface area contributed by atoms with Gasteiger partial charge < -0.3 is 13.8 Å². The molecule has 3 aromatic carbocycles. The van der Waals surface area contributed by atoms with Gasteiger partial charge in [-0.25, -0.2) is 4.39 Å². The van der Waals surface area contributed by atoms with Gasteiger partial charge in [0.25, 0.3) is 5.91 Å². The molecule has 166 valence electrons. The molecule has 0 radical (unpaired) electrons. The van der Waals surface area contributed by atoms with Gasteiger partial charge in [-0.3, -0.25) is 4.79 Å². The summed E-state index contributed by atoms with van der Waals surface area (Å²) in [5, 5.41) is 0. The number of carbonyl (C=O) groups excluding carboxylic acids is 1. The fourth-order valence-corrected chi connectivity index (χ4v) is 4.27. The Morgan fingerprint density at radius 2 is 1.72 bits per heavy atom. The average molecular weight is 456 g/mol. The molecule has 1 fully saturated rings. The van der Waals surface area contributed by atoms with Crippen molar-refractivity contribution in [2.75, 3.05) is 7.11 Å². The fourth-order valence-electron chi connectivity index (χ4n) is 3.35. The molecule has 1 aliphatic rings. The Balaban J connectivity index is 1.52. The van der Waals surface area contributed by atoms with E-state index in [9.17, 15) is 17.6 Å². The van der Waals surface area contributed by atoms with Gasteiger partial charge in [0.15, 0.2) is 0 Å². The summed E-state index contributed by atoms with van der Waals surface area (Å²) >= 11 is 0. The first kappa shape index (κ1) is 21.8. The van der Waals surface area contributed by atoms with Crippen LogP contribution in [0.1, 0.15) is 28.8 Å². The van der Waals surface area contributed by atoms with E-state index in [2.05, 4.69) is 0 Å². The number of ether oxygens (including phenoxy) is 1. The van der Waals surface area contributed by atoms with Crippen molar-refractivity contribution in [1.82, 2.24) is 4.90 Å². The van der Waals surface area contributed by atoms with Crippen molar-refractivity contribution < 1.29 is 26.5 Å². The number of rotatable bonds is 8. The topological polar surface area (TPSA) is 72.9 Å². The molecule has 0 atom stereocenters. The zero-order valence-corrected chi connectivity index (χ0v) is 18.2. The van der Waals surface area contributed by atoms with E-state index in [-0.39, 0.29) is 34.7 Å². The Labute approximate surface area is 186 Å². The number of hydrogen-bond acceptors (Lipinski definition) is 5. The van der Waals surface area contributed by atoms with E-state index in [0.717, 1.165) is 12.8 Å². The molecule has 0 N–H and O–H groups in total. The third-order valence-electron chi connectivity index (χ3n) is 5.13. The highest BCUT2D eigenvalue weighted by molar-refractivity contribution is 7.87. The van der Waals surface area contributed by atoms with Crippen molar-refractivity contribution in [3.63, 3.8) is 0 Å². The van der Waals surface area contributed by atoms with E-state index in [0.29, 0.717) is 11.3 Å². The first-order chi connectivity index (χ1) is 15.4. The molecule has 4 rings (SSSR count). The molecule has 0 aromatic heterocycles. The molecule has 0 spiro atoms. The van der Waals surface area contributed by atoms with Crippen molar-refractivity contribution in [3.05, 3.63) is 89.7 Å². The summed E-state index contributed by atoms with van der Waals surface area (Å²) < 4.78 is 49.2. The van der Waals surface area contributed by atoms with E-state index in [1.54, 1.807) is 35.2 Å². The van der Waals surface area contributed by atoms with E-state index in [1.807, 2.05) is 0 Å². The van der Waals surface area contributed by atoms with Gasteiger partial charge in [0.1, 0.15) is 22.2 Å². The quantitative estimate of drug-likeness (QED) is 0.471. The van der Waals surface area contributed by atoms with Crippen LogP contribution in [0.4, 0.5) is 4.39 Å². The highest BCUT2D eigenvalue weighted by atomic mass is 32.2. The molecular weight excluding hydrogens is 433 g/mol. The lowest BCUT2D eigenvalue weighted by Gasteiger charge is -2.23. The molecule has 0 aliphatic heterocycles. The minimum Gasteiger partial charge on any atom is -0.497 e. The molecule has 0 heterocycles. The summed E-state index contributed by atoms with van der Waals surface area (Å²) in [5.41, 5.74) is 0.996. The second-order valence-corrected chi connectivity index (χ2v) is 9.08. The molecule has 1 amide bonds. The van der Waals surface area contributed by atoms with E-state index in [4.69, 9.17) is 8.92 Å². The van der Waals surface area contributed by atoms with Crippen LogP contribution in [0.5, 0.6) is 11.5 Å². The molecule has 6 nitrogen and oxygen atoms in total. The molecule has 0 bridgehead atoms. The largest absolute Gasteiger partial charge is 0.497 e. The number of halogens is 1. The third-order valence-corrected chi connectivity index (χ3v) is 6.39. The molecule has 1 aliphatic carbocycles. The summed E-state index contributed by atoms with van der Waals surface area (Å²) in [6, 6.07) is 18.2. The lowest BCUT2D eigenvalue weighted by Crippen LogP contribution is -2.32. The van der Waals surface area contributed by atoms with Crippen molar-refractivity contribution in [1.29, 1.82) is 0 Å². The number of amides is 1. The van der Waals surface area contributed by atoms with Gasteiger partial charge in [0.2, 0.25) is 0 Å². The Morgan fingerprint density at radius 3 is 2.38 bits per heavy atom. The Bertz CT molecular complexity index is 1220. The van der Waals surface area contributed by atoms with Crippen LogP contribution in [0.15, 0.2) is 77.7 Å². The highest BCUT2D eigenvalue weighted by Gasteiger charge is 2.33. The van der Waals surface area contributed by atoms with Crippen molar-refractivity contribution >= 4 is 16.0 Å². The summed E-state index contributed by atoms with van der Waals surface area (Å²) in [7, 11) is -2.53. The van der Waals surface area contributed by atoms with Gasteiger partial charge in [-0.05, 0) is 73.0 Å². The van der Waals surface area contributed by atoms with Gasteiger partial charge >= 0.3 is 10.1 Å². The smallest absolute Gasteiger partial charge is 0.339 e. The Hall–Kier alpha value is -3.39. The van der Waals surface area contributed by atoms with Gasteiger partial charge in [0, 0.05) is 18.2 Å². The monoisotopic (exact) mass is 455 g/mol. The molecular formula is C24H22FNO5S. The summed E-state index contributed by atoms with van der Waals surface area (Å²) in [4.78, 5) is 14.6. The van der Waals surface area contributed by atoms with Gasteiger partial charge in [-0.2, -0.15) is 8.42 Å². The number of nitrogens with zero attached hydrogens (tertiary/aromatic N) is 1. The van der Waals surface area contributed by atoms with Crippen LogP contribution >= 0.6 is 0 Å². The van der Waals surface area contributed by atoms with Crippen LogP contribution in [0.2, 0.25) is 0 Å². The third kappa shape index (κ3) is 5.08. The number of hydrogen-bond donors (Lipinski definition) is 0. The van der Waals surface area contributed by atoms with Crippen LogP contribution in [0.3, 0.4) is 0 Å². The summed E-state index contributed by atoms with van der Waals surface area (Å²) in [5.74, 6) is -0.0451. The molecule has 1 saturated carbocycles. The van der Waals surface area contributed by atoms with Gasteiger partial charge in [0.05, 0.1) is 7.11 Å². The molecule has 3 aromatic rings. The van der Waals surface area contributed by atoms with E-state index >= 15 is 0 Å². The van der Waals surface area contributed by atoms with E-state index in [1.165, 1.54) is 49.6 Å². The molecule has 0 unspecified atom stereocenters. The van der Waals surface area contributed by atoms with Crippen LogP contribution in [-0.2, 0) is 16.7 Å². The standard InChI is InChI=1S/C24H22FNO5S/c1-30-21-10-12-23(13-11-21)32(28,29)31-22-7-2-4-17(14-22)16-26(20-8-9-20)24(27)18-5-3-6-19(25)15-18/h2-7,10-15,20H,8-9,16H2,1H3. The van der Waals surface area contributed by atoms with Crippen molar-refractivity contribution in [3.8, 4) is 11.5 Å². The second kappa shape index (κ2) is 9.00. The normalized spacial score (nSPS) is 13.4. The molecule has 32 heavy (non-hydrogen) atoms. The van der Waals surface area contributed by atoms with Crippen molar-refractivity contribution in [2.45, 2.75) is 30.3 Å². The maximum Gasteiger partial charge on any atom is 0.339 e. The number of carbonyl (C=O) groups is 1. The minimum absolute atomic E-state index is 0.00425. The summed E-state index contributed by atoms with van der Waals surface area (Å²) in [6.07, 6.45) is 1.76. The predicted octanol–water partition coefficient (Wildman–Crippen LogP) is 4.41. The van der Waals surface area contributed by atoms with Gasteiger partial charge in [-0.1, -0.05) is 18.2 Å². The number of methoxy groups -OCH3 is 1. The first-order valence-electron chi connectivity index (χ1n) is 10.1. The zero-order valence-electron chi connectivity index (χ0n) is 17.4. The SMILES string of the molecule is COc1ccc(S(=O)(=O)Oc2cccc(CN(C(=O)c3cccc(F)c3)C3CC3)c2)cc1. The van der Waals surface area contributed by atoms with E-state index < -0.39 is 15.9 Å². The maximum atomic E-state index is 13.6. The second-order valence-electron chi connectivity index (χ2n) is 7.53. The molecule has 0 saturated heterocycles. The zero-order chi connectivity index (χ0) is 22.7. The summed E-state index contributed by atoms with van der Waals surface area (Å²) in [6.45, 7) is 0.264. The Morgan fingerprint density at radius 1 is 1.00 bits per heavy atom. The fraction of sp³-hybridized carbons (Fsp3) is 0.208. The lowest BCUT2D eigenvalue weighted by atomic mass is 10.1. The first-order valence-corrected chi connectivity index (χ1v) is 11.5. The Kier molecular flexibility index (Phi) is 6.14. The highest BCUT2D eigenvalue weighted by Crippen LogP contribution is 2.31. The van der Waals surface area contributed by atoms with Crippen LogP contribution < -0.4 is 8.92 Å². The van der Waals surface area contributed by atoms with Gasteiger partial charge in [-0.15, -0.1) is 0 Å². The molecule has 8 heteroatoms. The van der Waals surface area contributed by atoms with Crippen LogP contribution in [0, 0.1) is 5.82 Å². The lowest BCUT2D eigenvalue weighted by molar-refractivity contribution is 0.0729.